The van der Waals surface area contributed by atoms with Gasteiger partial charge >= 0.3 is 5.97 Å². The molecule has 0 unspecified atom stereocenters. The molecular weight excluding hydrogens is 298 g/mol. The number of aromatic nitrogens is 2. The van der Waals surface area contributed by atoms with E-state index in [4.69, 9.17) is 5.11 Å². The van der Waals surface area contributed by atoms with Crippen molar-refractivity contribution in [3.8, 4) is 5.69 Å². The summed E-state index contributed by atoms with van der Waals surface area (Å²) in [4.78, 5) is 15.3. The first kappa shape index (κ1) is 13.7. The highest BCUT2D eigenvalue weighted by atomic mass is 32.1. The van der Waals surface area contributed by atoms with E-state index in [1.54, 1.807) is 12.1 Å². The van der Waals surface area contributed by atoms with Crippen LogP contribution in [0.1, 0.15) is 23.0 Å². The lowest BCUT2D eigenvalue weighted by molar-refractivity contribution is 0.00921. The smallest absolute Gasteiger partial charge is 0.337 e. The zero-order chi connectivity index (χ0) is 15.2. The molecule has 3 aromatic rings. The maximum Gasteiger partial charge on any atom is 0.337 e. The fourth-order valence-electron chi connectivity index (χ4n) is 2.30. The number of fused-ring (bicyclic) bond motifs is 1. The minimum Gasteiger partial charge on any atom is -0.478 e. The Balaban J connectivity index is 2.33. The highest BCUT2D eigenvalue weighted by Gasteiger charge is 2.34. The molecule has 0 aliphatic carbocycles. The van der Waals surface area contributed by atoms with Crippen LogP contribution in [0, 0.1) is 0 Å². The molecule has 7 heteroatoms. The molecule has 21 heavy (non-hydrogen) atoms. The van der Waals surface area contributed by atoms with E-state index in [-0.39, 0.29) is 0 Å². The average Bonchev–Trinajstić information content (AvgIpc) is 3.04. The number of nitrogens with zero attached hydrogens (tertiary/aromatic N) is 2. The monoisotopic (exact) mass is 308 g/mol. The number of hydrogen-bond acceptors (Lipinski definition) is 3. The van der Waals surface area contributed by atoms with E-state index in [0.717, 1.165) is 4.70 Å². The summed E-state index contributed by atoms with van der Waals surface area (Å²) in [5, 5.41) is 10.9. The van der Waals surface area contributed by atoms with Gasteiger partial charge in [0.25, 0.3) is 5.92 Å². The van der Waals surface area contributed by atoms with Crippen LogP contribution in [0.25, 0.3) is 15.9 Å². The number of halogens is 2. The van der Waals surface area contributed by atoms with Crippen molar-refractivity contribution in [3.63, 3.8) is 0 Å². The van der Waals surface area contributed by atoms with Crippen molar-refractivity contribution in [2.45, 2.75) is 12.8 Å². The second kappa shape index (κ2) is 4.63. The number of rotatable bonds is 3. The fourth-order valence-corrected chi connectivity index (χ4v) is 3.16. The third-order valence-electron chi connectivity index (χ3n) is 3.12. The van der Waals surface area contributed by atoms with Gasteiger partial charge in [-0.25, -0.2) is 4.79 Å². The van der Waals surface area contributed by atoms with E-state index < -0.39 is 23.1 Å². The molecule has 0 amide bonds. The molecule has 0 aliphatic heterocycles. The second-order valence-corrected chi connectivity index (χ2v) is 5.52. The molecule has 0 bridgehead atoms. The lowest BCUT2D eigenvalue weighted by Gasteiger charge is -2.16. The summed E-state index contributed by atoms with van der Waals surface area (Å²) < 4.78 is 29.7. The van der Waals surface area contributed by atoms with E-state index in [2.05, 4.69) is 4.98 Å². The molecule has 0 radical (unpaired) electrons. The van der Waals surface area contributed by atoms with Crippen LogP contribution in [-0.4, -0.2) is 20.6 Å². The predicted octanol–water partition coefficient (Wildman–Crippen LogP) is 3.90. The fraction of sp³-hybridized carbons (Fsp3) is 0.143. The molecule has 1 N–H and O–H groups in total. The number of carboxylic acid groups (broad SMARTS) is 1. The lowest BCUT2D eigenvalue weighted by atomic mass is 10.1. The summed E-state index contributed by atoms with van der Waals surface area (Å²) in [6, 6.07) is 4.57. The molecule has 0 fully saturated rings. The van der Waals surface area contributed by atoms with Crippen LogP contribution in [0.4, 0.5) is 8.78 Å². The van der Waals surface area contributed by atoms with Crippen molar-refractivity contribution < 1.29 is 18.7 Å². The maximum atomic E-state index is 13.9. The van der Waals surface area contributed by atoms with Gasteiger partial charge in [0, 0.05) is 19.3 Å². The Morgan fingerprint density at radius 3 is 2.81 bits per heavy atom. The summed E-state index contributed by atoms with van der Waals surface area (Å²) in [6.45, 7) is 0.693. The average molecular weight is 308 g/mol. The first-order valence-corrected chi connectivity index (χ1v) is 6.93. The van der Waals surface area contributed by atoms with Crippen LogP contribution in [0.3, 0.4) is 0 Å². The SMILES string of the molecule is CC(F)(F)c1c(C(=O)O)ccn1-c1ccnc2ccsc12. The van der Waals surface area contributed by atoms with Crippen molar-refractivity contribution in [1.29, 1.82) is 0 Å². The standard InChI is InChI=1S/C14H10F2N2O2S/c1-14(15,16)12-8(13(19)20)3-6-18(12)10-2-5-17-9-4-7-21-11(9)10/h2-7H,1H3,(H,19,20). The topological polar surface area (TPSA) is 55.1 Å². The zero-order valence-electron chi connectivity index (χ0n) is 10.9. The van der Waals surface area contributed by atoms with E-state index in [9.17, 15) is 13.6 Å². The Morgan fingerprint density at radius 1 is 1.38 bits per heavy atom. The van der Waals surface area contributed by atoms with Crippen LogP contribution < -0.4 is 0 Å². The van der Waals surface area contributed by atoms with Crippen molar-refractivity contribution >= 4 is 27.5 Å². The molecule has 3 rings (SSSR count). The van der Waals surface area contributed by atoms with Gasteiger partial charge in [-0.2, -0.15) is 8.78 Å². The van der Waals surface area contributed by atoms with Crippen molar-refractivity contribution in [1.82, 2.24) is 9.55 Å². The van der Waals surface area contributed by atoms with Crippen molar-refractivity contribution in [2.75, 3.05) is 0 Å². The maximum absolute atomic E-state index is 13.9. The van der Waals surface area contributed by atoms with Gasteiger partial charge in [0.1, 0.15) is 5.69 Å². The van der Waals surface area contributed by atoms with Crippen LogP contribution in [0.5, 0.6) is 0 Å². The highest BCUT2D eigenvalue weighted by Crippen LogP contribution is 2.35. The van der Waals surface area contributed by atoms with Crippen LogP contribution >= 0.6 is 11.3 Å². The van der Waals surface area contributed by atoms with Gasteiger partial charge in [-0.05, 0) is 23.6 Å². The minimum absolute atomic E-state index is 0.399. The first-order valence-electron chi connectivity index (χ1n) is 6.05. The molecule has 0 saturated heterocycles. The van der Waals surface area contributed by atoms with Crippen LogP contribution in [0.2, 0.25) is 0 Å². The van der Waals surface area contributed by atoms with Crippen molar-refractivity contribution in [2.24, 2.45) is 0 Å². The number of carbonyl (C=O) groups is 1. The number of thiophene rings is 1. The van der Waals surface area contributed by atoms with Crippen LogP contribution in [0.15, 0.2) is 36.0 Å². The normalized spacial score (nSPS) is 12.0. The largest absolute Gasteiger partial charge is 0.478 e. The van der Waals surface area contributed by atoms with E-state index in [1.165, 1.54) is 34.4 Å². The van der Waals surface area contributed by atoms with E-state index in [1.807, 2.05) is 5.38 Å². The molecule has 0 spiro atoms. The Bertz CT molecular complexity index is 833. The summed E-state index contributed by atoms with van der Waals surface area (Å²) >= 11 is 1.37. The molecular formula is C14H10F2N2O2S. The van der Waals surface area contributed by atoms with Gasteiger partial charge in [-0.15, -0.1) is 11.3 Å². The van der Waals surface area contributed by atoms with Crippen molar-refractivity contribution in [3.05, 3.63) is 47.2 Å². The Kier molecular flexibility index (Phi) is 3.02. The molecule has 0 aromatic carbocycles. The second-order valence-electron chi connectivity index (χ2n) is 4.61. The molecule has 108 valence electrons. The quantitative estimate of drug-likeness (QED) is 0.798. The molecule has 0 saturated carbocycles. The summed E-state index contributed by atoms with van der Waals surface area (Å²) in [5.74, 6) is -4.65. The van der Waals surface area contributed by atoms with Gasteiger partial charge in [0.05, 0.1) is 21.5 Å². The molecule has 3 aromatic heterocycles. The zero-order valence-corrected chi connectivity index (χ0v) is 11.7. The molecule has 4 nitrogen and oxygen atoms in total. The van der Waals surface area contributed by atoms with E-state index >= 15 is 0 Å². The van der Waals surface area contributed by atoms with Gasteiger partial charge in [0.2, 0.25) is 0 Å². The molecule has 0 atom stereocenters. The summed E-state index contributed by atoms with van der Waals surface area (Å²) in [6.07, 6.45) is 2.87. The van der Waals surface area contributed by atoms with Crippen LogP contribution in [-0.2, 0) is 5.92 Å². The van der Waals surface area contributed by atoms with Gasteiger partial charge in [0.15, 0.2) is 0 Å². The van der Waals surface area contributed by atoms with Gasteiger partial charge < -0.3 is 9.67 Å². The number of aromatic carboxylic acids is 1. The van der Waals surface area contributed by atoms with Gasteiger partial charge in [-0.3, -0.25) is 4.98 Å². The number of hydrogen-bond donors (Lipinski definition) is 1. The third-order valence-corrected chi connectivity index (χ3v) is 4.04. The van der Waals surface area contributed by atoms with E-state index in [0.29, 0.717) is 18.1 Å². The molecule has 3 heterocycles. The summed E-state index contributed by atoms with van der Waals surface area (Å²) in [7, 11) is 0. The highest BCUT2D eigenvalue weighted by molar-refractivity contribution is 7.17. The number of pyridine rings is 1. The Morgan fingerprint density at radius 2 is 2.14 bits per heavy atom. The lowest BCUT2D eigenvalue weighted by Crippen LogP contribution is -2.17. The number of carboxylic acids is 1. The summed E-state index contributed by atoms with van der Waals surface area (Å²) in [5.41, 5.74) is 0.257. The molecule has 0 aliphatic rings. The minimum atomic E-state index is -3.27. The number of alkyl halides is 2. The Hall–Kier alpha value is -2.28. The predicted molar refractivity (Wildman–Crippen MR) is 75.5 cm³/mol. The first-order chi connectivity index (χ1) is 9.89. The third kappa shape index (κ3) is 2.19. The van der Waals surface area contributed by atoms with Gasteiger partial charge in [-0.1, -0.05) is 0 Å². The Labute approximate surface area is 122 Å².